The van der Waals surface area contributed by atoms with Crippen molar-refractivity contribution in [1.82, 2.24) is 0 Å². The molecular formula is C30H56. The van der Waals surface area contributed by atoms with E-state index in [1.54, 1.807) is 0 Å². The molecule has 0 aliphatic carbocycles. The van der Waals surface area contributed by atoms with Crippen molar-refractivity contribution >= 4 is 0 Å². The summed E-state index contributed by atoms with van der Waals surface area (Å²) in [7, 11) is 0. The first-order valence-corrected chi connectivity index (χ1v) is 13.9. The fraction of sp³-hybridized carbons (Fsp3) is 0.867. The molecule has 0 saturated carbocycles. The first-order chi connectivity index (χ1) is 14.8. The molecule has 0 aromatic rings. The molecule has 0 nitrogen and oxygen atoms in total. The molecule has 0 rings (SSSR count). The maximum Gasteiger partial charge on any atom is 0.00886 e. The molecule has 2 radical (unpaired) electrons. The third kappa shape index (κ3) is 25.6. The van der Waals surface area contributed by atoms with Crippen LogP contribution < -0.4 is 0 Å². The molecule has 0 spiro atoms. The summed E-state index contributed by atoms with van der Waals surface area (Å²) in [4.78, 5) is 0. The topological polar surface area (TPSA) is 0 Å². The summed E-state index contributed by atoms with van der Waals surface area (Å²) in [5, 5.41) is 0. The lowest BCUT2D eigenvalue weighted by Crippen LogP contribution is -1.95. The van der Waals surface area contributed by atoms with Crippen LogP contribution in [0.5, 0.6) is 0 Å². The molecule has 0 bridgehead atoms. The maximum absolute atomic E-state index is 3.92. The summed E-state index contributed by atoms with van der Waals surface area (Å²) in [6.45, 7) is 10.3. The fourth-order valence-corrected chi connectivity index (χ4v) is 4.21. The molecule has 0 aromatic heterocycles. The third-order valence-corrected chi connectivity index (χ3v) is 6.37. The Balaban J connectivity index is 3.20. The molecule has 0 fully saturated rings. The molecule has 1 unspecified atom stereocenters. The van der Waals surface area contributed by atoms with Crippen molar-refractivity contribution in [3.05, 3.63) is 13.8 Å². The molecule has 0 aromatic carbocycles. The molecule has 0 amide bonds. The average molecular weight is 417 g/mol. The van der Waals surface area contributed by atoms with Gasteiger partial charge in [0.2, 0.25) is 0 Å². The van der Waals surface area contributed by atoms with Gasteiger partial charge in [-0.2, -0.15) is 0 Å². The van der Waals surface area contributed by atoms with Gasteiger partial charge in [-0.3, -0.25) is 0 Å². The van der Waals surface area contributed by atoms with Gasteiger partial charge in [-0.1, -0.05) is 149 Å². The van der Waals surface area contributed by atoms with Gasteiger partial charge in [-0.15, -0.1) is 11.8 Å². The van der Waals surface area contributed by atoms with Crippen molar-refractivity contribution in [2.24, 2.45) is 5.92 Å². The highest BCUT2D eigenvalue weighted by Gasteiger charge is 2.02. The Morgan fingerprint density at radius 1 is 0.433 bits per heavy atom. The average Bonchev–Trinajstić information content (AvgIpc) is 2.75. The molecule has 30 heavy (non-hydrogen) atoms. The zero-order valence-corrected chi connectivity index (χ0v) is 21.0. The Morgan fingerprint density at radius 2 is 0.733 bits per heavy atom. The van der Waals surface area contributed by atoms with Gasteiger partial charge in [-0.25, -0.2) is 0 Å². The van der Waals surface area contributed by atoms with E-state index in [4.69, 9.17) is 0 Å². The van der Waals surface area contributed by atoms with Gasteiger partial charge in [0.05, 0.1) is 0 Å². The number of unbranched alkanes of at least 4 members (excludes halogenated alkanes) is 19. The predicted octanol–water partition coefficient (Wildman–Crippen LogP) is 10.7. The van der Waals surface area contributed by atoms with E-state index >= 15 is 0 Å². The van der Waals surface area contributed by atoms with E-state index in [-0.39, 0.29) is 0 Å². The van der Waals surface area contributed by atoms with Crippen LogP contribution in [0.3, 0.4) is 0 Å². The second kappa shape index (κ2) is 26.6. The van der Waals surface area contributed by atoms with E-state index in [1.165, 1.54) is 128 Å². The Kier molecular flexibility index (Phi) is 26.2. The molecule has 0 saturated heterocycles. The third-order valence-electron chi connectivity index (χ3n) is 6.37. The molecule has 0 heteroatoms. The lowest BCUT2D eigenvalue weighted by molar-refractivity contribution is 0.432. The van der Waals surface area contributed by atoms with Crippen LogP contribution in [-0.4, -0.2) is 0 Å². The van der Waals surface area contributed by atoms with Crippen LogP contribution >= 0.6 is 0 Å². The van der Waals surface area contributed by atoms with E-state index in [9.17, 15) is 0 Å². The zero-order chi connectivity index (χ0) is 22.0. The number of rotatable bonds is 23. The first kappa shape index (κ1) is 29.6. The minimum Gasteiger partial charge on any atom is -0.103 e. The van der Waals surface area contributed by atoms with Gasteiger partial charge in [-0.05, 0) is 18.8 Å². The van der Waals surface area contributed by atoms with Crippen LogP contribution in [0.25, 0.3) is 0 Å². The minimum absolute atomic E-state index is 0.933. The normalized spacial score (nSPS) is 12.0. The van der Waals surface area contributed by atoms with Gasteiger partial charge >= 0.3 is 0 Å². The van der Waals surface area contributed by atoms with E-state index in [1.807, 2.05) is 0 Å². The van der Waals surface area contributed by atoms with E-state index in [0.717, 1.165) is 31.6 Å². The molecular weight excluding hydrogens is 360 g/mol. The van der Waals surface area contributed by atoms with E-state index in [2.05, 4.69) is 32.6 Å². The summed E-state index contributed by atoms with van der Waals surface area (Å²) in [5.74, 6) is 7.73. The van der Waals surface area contributed by atoms with E-state index in [0.29, 0.717) is 0 Å². The second-order valence-corrected chi connectivity index (χ2v) is 9.61. The number of hydrogen-bond donors (Lipinski definition) is 0. The number of hydrogen-bond acceptors (Lipinski definition) is 0. The van der Waals surface area contributed by atoms with Crippen molar-refractivity contribution in [1.29, 1.82) is 0 Å². The van der Waals surface area contributed by atoms with Gasteiger partial charge in [0, 0.05) is 12.8 Å². The van der Waals surface area contributed by atoms with E-state index < -0.39 is 0 Å². The van der Waals surface area contributed by atoms with Crippen LogP contribution in [-0.2, 0) is 0 Å². The summed E-state index contributed by atoms with van der Waals surface area (Å²) >= 11 is 0. The molecule has 0 N–H and O–H groups in total. The van der Waals surface area contributed by atoms with Gasteiger partial charge < -0.3 is 0 Å². The minimum atomic E-state index is 0.933. The zero-order valence-electron chi connectivity index (χ0n) is 21.0. The summed E-state index contributed by atoms with van der Waals surface area (Å²) in [6, 6.07) is 0. The highest BCUT2D eigenvalue weighted by atomic mass is 14.1. The summed E-state index contributed by atoms with van der Waals surface area (Å²) < 4.78 is 0. The molecule has 0 heterocycles. The van der Waals surface area contributed by atoms with Crippen LogP contribution in [0.4, 0.5) is 0 Å². The van der Waals surface area contributed by atoms with Crippen LogP contribution in [0.2, 0.25) is 0 Å². The molecule has 0 aliphatic rings. The highest BCUT2D eigenvalue weighted by molar-refractivity contribution is 4.98. The van der Waals surface area contributed by atoms with Crippen molar-refractivity contribution in [3.63, 3.8) is 0 Å². The standard InChI is InChI=1S/C30H56/c1-4-6-8-10-12-13-14-15-16-17-18-19-20-21-22-23-25-27-29-30(3)28-26-24-11-9-7-5-2/h30H,1-2,4-17,20-29H2,3H3. The fourth-order valence-electron chi connectivity index (χ4n) is 4.21. The second-order valence-electron chi connectivity index (χ2n) is 9.61. The molecule has 176 valence electrons. The summed E-state index contributed by atoms with van der Waals surface area (Å²) in [6.07, 6.45) is 32.3. The van der Waals surface area contributed by atoms with Crippen LogP contribution in [0.1, 0.15) is 161 Å². The van der Waals surface area contributed by atoms with Crippen LogP contribution in [0, 0.1) is 31.6 Å². The van der Waals surface area contributed by atoms with Crippen molar-refractivity contribution in [2.45, 2.75) is 161 Å². The van der Waals surface area contributed by atoms with Crippen molar-refractivity contribution < 1.29 is 0 Å². The highest BCUT2D eigenvalue weighted by Crippen LogP contribution is 2.18. The Hall–Kier alpha value is -0.440. The molecule has 0 aliphatic heterocycles. The predicted molar refractivity (Wildman–Crippen MR) is 138 cm³/mol. The summed E-state index contributed by atoms with van der Waals surface area (Å²) in [5.41, 5.74) is 0. The lowest BCUT2D eigenvalue weighted by Gasteiger charge is -2.10. The Morgan fingerprint density at radius 3 is 1.10 bits per heavy atom. The largest absolute Gasteiger partial charge is 0.103 e. The first-order valence-electron chi connectivity index (χ1n) is 13.9. The smallest absolute Gasteiger partial charge is 0.00886 e. The van der Waals surface area contributed by atoms with Crippen molar-refractivity contribution in [2.75, 3.05) is 0 Å². The van der Waals surface area contributed by atoms with Crippen molar-refractivity contribution in [3.8, 4) is 11.8 Å². The molecule has 1 atom stereocenters. The SMILES string of the molecule is [CH2]CCCCCCCCCCC#CCCCCCCCC(C)CCCCCCC[CH2]. The lowest BCUT2D eigenvalue weighted by atomic mass is 9.96. The Labute approximate surface area is 192 Å². The van der Waals surface area contributed by atoms with Gasteiger partial charge in [0.15, 0.2) is 0 Å². The maximum atomic E-state index is 3.92. The quantitative estimate of drug-likeness (QED) is 0.115. The Bertz CT molecular complexity index is 358. The monoisotopic (exact) mass is 416 g/mol. The van der Waals surface area contributed by atoms with Gasteiger partial charge in [0.25, 0.3) is 0 Å². The van der Waals surface area contributed by atoms with Crippen LogP contribution in [0.15, 0.2) is 0 Å². The van der Waals surface area contributed by atoms with Gasteiger partial charge in [0.1, 0.15) is 0 Å².